The van der Waals surface area contributed by atoms with Gasteiger partial charge in [0.2, 0.25) is 0 Å². The number of carbonyl (C=O) groups is 1. The van der Waals surface area contributed by atoms with Crippen molar-refractivity contribution in [2.24, 2.45) is 0 Å². The Morgan fingerprint density at radius 1 is 0.844 bits per heavy atom. The van der Waals surface area contributed by atoms with Crippen LogP contribution in [0.3, 0.4) is 0 Å². The number of nitrogens with zero attached hydrogens (tertiary/aromatic N) is 5. The summed E-state index contributed by atoms with van der Waals surface area (Å²) in [5.41, 5.74) is 1.61. The van der Waals surface area contributed by atoms with E-state index in [2.05, 4.69) is 4.90 Å². The maximum Gasteiger partial charge on any atom is 0.266 e. The van der Waals surface area contributed by atoms with Crippen LogP contribution < -0.4 is 9.80 Å². The van der Waals surface area contributed by atoms with Crippen molar-refractivity contribution in [1.82, 2.24) is 9.80 Å². The summed E-state index contributed by atoms with van der Waals surface area (Å²) in [6.07, 6.45) is 1.63. The van der Waals surface area contributed by atoms with Gasteiger partial charge < -0.3 is 19.6 Å². The molecule has 2 saturated heterocycles. The van der Waals surface area contributed by atoms with Crippen molar-refractivity contribution in [2.45, 2.75) is 0 Å². The monoisotopic (exact) mass is 437 g/mol. The van der Waals surface area contributed by atoms with E-state index < -0.39 is 0 Å². The molecule has 0 atom stereocenters. The molecule has 2 aliphatic heterocycles. The number of rotatable bonds is 4. The molecule has 32 heavy (non-hydrogen) atoms. The molecule has 0 radical (unpaired) electrons. The fraction of sp³-hybridized carbons (Fsp3) is 0.333. The number of amides is 1. The van der Waals surface area contributed by atoms with Crippen LogP contribution in [-0.2, 0) is 4.79 Å². The minimum atomic E-state index is -0.277. The average Bonchev–Trinajstić information content (AvgIpc) is 2.83. The third-order valence-electron chi connectivity index (χ3n) is 5.93. The topological polar surface area (TPSA) is 53.8 Å². The third-order valence-corrected chi connectivity index (χ3v) is 5.93. The smallest absolute Gasteiger partial charge is 0.266 e. The Morgan fingerprint density at radius 3 is 2.09 bits per heavy atom. The zero-order valence-corrected chi connectivity index (χ0v) is 17.8. The summed E-state index contributed by atoms with van der Waals surface area (Å²) in [7, 11) is 0. The summed E-state index contributed by atoms with van der Waals surface area (Å²) in [6.45, 7) is 4.67. The highest BCUT2D eigenvalue weighted by Gasteiger charge is 2.25. The van der Waals surface area contributed by atoms with E-state index in [9.17, 15) is 18.8 Å². The molecule has 0 aliphatic carbocycles. The van der Waals surface area contributed by atoms with Crippen molar-refractivity contribution in [3.8, 4) is 6.07 Å². The number of carbonyl (C=O) groups excluding carboxylic acids is 1. The van der Waals surface area contributed by atoms with Crippen molar-refractivity contribution in [3.05, 3.63) is 71.9 Å². The van der Waals surface area contributed by atoms with Crippen LogP contribution in [0, 0.1) is 23.0 Å². The molecule has 4 rings (SSSR count). The second kappa shape index (κ2) is 9.69. The molecular formula is C24H25F2N5O. The summed E-state index contributed by atoms with van der Waals surface area (Å²) in [6, 6.07) is 15.0. The molecule has 0 bridgehead atoms. The van der Waals surface area contributed by atoms with Gasteiger partial charge in [-0.25, -0.2) is 8.78 Å². The highest BCUT2D eigenvalue weighted by molar-refractivity contribution is 5.97. The minimum absolute atomic E-state index is 0.111. The lowest BCUT2D eigenvalue weighted by molar-refractivity contribution is -0.127. The van der Waals surface area contributed by atoms with E-state index in [0.29, 0.717) is 58.0 Å². The molecule has 8 heteroatoms. The van der Waals surface area contributed by atoms with E-state index in [1.165, 1.54) is 18.2 Å². The molecule has 166 valence electrons. The lowest BCUT2D eigenvalue weighted by Crippen LogP contribution is -2.49. The van der Waals surface area contributed by atoms with Gasteiger partial charge in [0, 0.05) is 64.2 Å². The van der Waals surface area contributed by atoms with Crippen LogP contribution in [-0.4, -0.2) is 68.1 Å². The first kappa shape index (κ1) is 21.6. The van der Waals surface area contributed by atoms with Gasteiger partial charge in [0.1, 0.15) is 23.3 Å². The Hall–Kier alpha value is -3.60. The van der Waals surface area contributed by atoms with Gasteiger partial charge in [0.05, 0.1) is 5.69 Å². The molecule has 2 fully saturated rings. The van der Waals surface area contributed by atoms with Crippen LogP contribution in [0.5, 0.6) is 0 Å². The molecule has 6 nitrogen and oxygen atoms in total. The van der Waals surface area contributed by atoms with Gasteiger partial charge in [-0.2, -0.15) is 5.26 Å². The third kappa shape index (κ3) is 4.83. The fourth-order valence-corrected chi connectivity index (χ4v) is 4.10. The molecular weight excluding hydrogens is 412 g/mol. The van der Waals surface area contributed by atoms with Gasteiger partial charge >= 0.3 is 0 Å². The summed E-state index contributed by atoms with van der Waals surface area (Å²) in [5, 5.41) is 9.58. The average molecular weight is 437 g/mol. The van der Waals surface area contributed by atoms with Gasteiger partial charge in [-0.3, -0.25) is 4.79 Å². The quantitative estimate of drug-likeness (QED) is 0.544. The molecule has 1 amide bonds. The summed E-state index contributed by atoms with van der Waals surface area (Å²) in [4.78, 5) is 20.6. The first-order valence-corrected chi connectivity index (χ1v) is 10.7. The number of halogens is 2. The lowest BCUT2D eigenvalue weighted by atomic mass is 10.2. The van der Waals surface area contributed by atoms with Gasteiger partial charge in [-0.15, -0.1) is 0 Å². The Kier molecular flexibility index (Phi) is 6.55. The molecule has 0 unspecified atom stereocenters. The Morgan fingerprint density at radius 2 is 1.47 bits per heavy atom. The Balaban J connectivity index is 1.33. The highest BCUT2D eigenvalue weighted by atomic mass is 19.1. The number of anilines is 2. The molecule has 2 heterocycles. The van der Waals surface area contributed by atoms with Gasteiger partial charge in [-0.1, -0.05) is 12.1 Å². The second-order valence-electron chi connectivity index (χ2n) is 7.88. The van der Waals surface area contributed by atoms with Crippen molar-refractivity contribution < 1.29 is 13.6 Å². The zero-order valence-electron chi connectivity index (χ0n) is 17.8. The normalized spacial score (nSPS) is 17.3. The van der Waals surface area contributed by atoms with E-state index in [1.54, 1.807) is 35.4 Å². The number of piperazine rings is 2. The van der Waals surface area contributed by atoms with Gasteiger partial charge in [0.15, 0.2) is 0 Å². The highest BCUT2D eigenvalue weighted by Crippen LogP contribution is 2.21. The summed E-state index contributed by atoms with van der Waals surface area (Å²) < 4.78 is 27.2. The second-order valence-corrected chi connectivity index (χ2v) is 7.88. The largest absolute Gasteiger partial charge is 0.373 e. The first-order valence-electron chi connectivity index (χ1n) is 10.7. The predicted molar refractivity (Wildman–Crippen MR) is 119 cm³/mol. The number of para-hydroxylation sites is 1. The van der Waals surface area contributed by atoms with E-state index in [4.69, 9.17) is 0 Å². The van der Waals surface area contributed by atoms with Crippen molar-refractivity contribution in [3.63, 3.8) is 0 Å². The first-order chi connectivity index (χ1) is 15.5. The fourth-order valence-electron chi connectivity index (χ4n) is 4.10. The van der Waals surface area contributed by atoms with Crippen molar-refractivity contribution >= 4 is 17.3 Å². The molecule has 2 aliphatic rings. The molecule has 0 N–H and O–H groups in total. The Labute approximate surface area is 186 Å². The summed E-state index contributed by atoms with van der Waals surface area (Å²) in [5.74, 6) is -0.798. The van der Waals surface area contributed by atoms with Gasteiger partial charge in [-0.05, 0) is 36.4 Å². The van der Waals surface area contributed by atoms with Crippen LogP contribution >= 0.6 is 0 Å². The van der Waals surface area contributed by atoms with Crippen LogP contribution in [0.15, 0.2) is 60.3 Å². The van der Waals surface area contributed by atoms with E-state index >= 15 is 0 Å². The van der Waals surface area contributed by atoms with Crippen LogP contribution in [0.25, 0.3) is 0 Å². The SMILES string of the molecule is N#C/C(=C/N1CCN(c2ccccc2F)CC1)C(=O)N1CCN(c2ccc(F)cc2)CC1. The molecule has 0 saturated carbocycles. The van der Waals surface area contributed by atoms with E-state index in [0.717, 1.165) is 5.69 Å². The van der Waals surface area contributed by atoms with E-state index in [-0.39, 0.29) is 23.1 Å². The molecule has 0 spiro atoms. The molecule has 2 aromatic carbocycles. The zero-order chi connectivity index (χ0) is 22.5. The molecule has 0 aromatic heterocycles. The maximum atomic E-state index is 14.0. The number of nitriles is 1. The Bertz CT molecular complexity index is 1020. The molecule has 2 aromatic rings. The van der Waals surface area contributed by atoms with Crippen molar-refractivity contribution in [2.75, 3.05) is 62.2 Å². The van der Waals surface area contributed by atoms with Gasteiger partial charge in [0.25, 0.3) is 5.91 Å². The minimum Gasteiger partial charge on any atom is -0.373 e. The van der Waals surface area contributed by atoms with Crippen LogP contribution in [0.2, 0.25) is 0 Å². The maximum absolute atomic E-state index is 14.0. The number of hydrogen-bond acceptors (Lipinski definition) is 5. The predicted octanol–water partition coefficient (Wildman–Crippen LogP) is 2.84. The van der Waals surface area contributed by atoms with E-state index in [1.807, 2.05) is 21.9 Å². The summed E-state index contributed by atoms with van der Waals surface area (Å²) >= 11 is 0. The van der Waals surface area contributed by atoms with Crippen LogP contribution in [0.4, 0.5) is 20.2 Å². The number of hydrogen-bond donors (Lipinski definition) is 0. The number of benzene rings is 2. The van der Waals surface area contributed by atoms with Crippen molar-refractivity contribution in [1.29, 1.82) is 5.26 Å². The van der Waals surface area contributed by atoms with Crippen LogP contribution in [0.1, 0.15) is 0 Å². The standard InChI is InChI=1S/C24H25F2N5O/c25-20-5-7-21(8-6-20)29-13-15-31(16-14-29)24(32)19(17-27)18-28-9-11-30(12-10-28)23-4-2-1-3-22(23)26/h1-8,18H,9-16H2/b19-18-. The lowest BCUT2D eigenvalue weighted by Gasteiger charge is -2.37.